The van der Waals surface area contributed by atoms with Crippen molar-refractivity contribution in [3.8, 4) is 0 Å². The van der Waals surface area contributed by atoms with E-state index in [2.05, 4.69) is 35.2 Å². The maximum atomic E-state index is 5.76. The van der Waals surface area contributed by atoms with Gasteiger partial charge in [0.25, 0.3) is 0 Å². The number of fused-ring (bicyclic) bond motifs is 1. The van der Waals surface area contributed by atoms with E-state index < -0.39 is 5.60 Å². The van der Waals surface area contributed by atoms with Crippen LogP contribution in [0.1, 0.15) is 38.4 Å². The Balaban J connectivity index is 2.57. The largest absolute Gasteiger partial charge is 0.370 e. The highest BCUT2D eigenvalue weighted by Crippen LogP contribution is 2.31. The average molecular weight is 279 g/mol. The summed E-state index contributed by atoms with van der Waals surface area (Å²) >= 11 is 1.69. The highest BCUT2D eigenvalue weighted by atomic mass is 32.1. The summed E-state index contributed by atoms with van der Waals surface area (Å²) in [7, 11) is 0. The molecule has 19 heavy (non-hydrogen) atoms. The number of aryl methyl sites for hydroxylation is 1. The smallest absolute Gasteiger partial charge is 0.163 e. The molecule has 0 bridgehead atoms. The molecular formula is C14H21N3OS. The van der Waals surface area contributed by atoms with Crippen LogP contribution in [-0.4, -0.2) is 23.1 Å². The molecule has 4 nitrogen and oxygen atoms in total. The highest BCUT2D eigenvalue weighted by Gasteiger charge is 2.26. The number of nitrogens with one attached hydrogen (secondary N) is 1. The summed E-state index contributed by atoms with van der Waals surface area (Å²) in [5.41, 5.74) is -0.467. The Morgan fingerprint density at radius 1 is 1.32 bits per heavy atom. The maximum Gasteiger partial charge on any atom is 0.163 e. The summed E-state index contributed by atoms with van der Waals surface area (Å²) in [5.74, 6) is 1.64. The van der Waals surface area contributed by atoms with E-state index in [1.807, 2.05) is 20.8 Å². The summed E-state index contributed by atoms with van der Waals surface area (Å²) < 4.78 is 5.76. The van der Waals surface area contributed by atoms with E-state index in [1.165, 1.54) is 4.88 Å². The lowest BCUT2D eigenvalue weighted by Gasteiger charge is -2.23. The fourth-order valence-electron chi connectivity index (χ4n) is 2.04. The molecule has 0 aromatic carbocycles. The van der Waals surface area contributed by atoms with Crippen LogP contribution in [0.2, 0.25) is 0 Å². The lowest BCUT2D eigenvalue weighted by molar-refractivity contribution is -0.0204. The summed E-state index contributed by atoms with van der Waals surface area (Å²) in [6.45, 7) is 11.7. The van der Waals surface area contributed by atoms with Crippen molar-refractivity contribution in [2.24, 2.45) is 0 Å². The molecular weight excluding hydrogens is 258 g/mol. The molecule has 0 aliphatic rings. The van der Waals surface area contributed by atoms with Gasteiger partial charge < -0.3 is 10.1 Å². The summed E-state index contributed by atoms with van der Waals surface area (Å²) in [4.78, 5) is 11.6. The van der Waals surface area contributed by atoms with Crippen LogP contribution in [0.5, 0.6) is 0 Å². The number of hydrogen-bond acceptors (Lipinski definition) is 5. The summed E-state index contributed by atoms with van der Waals surface area (Å²) in [5, 5.41) is 4.42. The van der Waals surface area contributed by atoms with Gasteiger partial charge in [-0.1, -0.05) is 0 Å². The summed E-state index contributed by atoms with van der Waals surface area (Å²) in [6, 6.07) is 2.13. The zero-order valence-corrected chi connectivity index (χ0v) is 13.0. The number of ether oxygens (including phenoxy) is 1. The molecule has 0 saturated carbocycles. The topological polar surface area (TPSA) is 47.0 Å². The number of thiophene rings is 1. The second kappa shape index (κ2) is 5.43. The minimum absolute atomic E-state index is 0.467. The van der Waals surface area contributed by atoms with Crippen molar-refractivity contribution in [3.63, 3.8) is 0 Å². The van der Waals surface area contributed by atoms with E-state index in [0.29, 0.717) is 6.61 Å². The third-order valence-electron chi connectivity index (χ3n) is 2.90. The molecule has 2 rings (SSSR count). The van der Waals surface area contributed by atoms with E-state index in [1.54, 1.807) is 11.3 Å². The van der Waals surface area contributed by atoms with Gasteiger partial charge in [0, 0.05) is 18.0 Å². The fourth-order valence-corrected chi connectivity index (χ4v) is 2.92. The minimum Gasteiger partial charge on any atom is -0.370 e. The van der Waals surface area contributed by atoms with Gasteiger partial charge >= 0.3 is 0 Å². The highest BCUT2D eigenvalue weighted by molar-refractivity contribution is 7.18. The van der Waals surface area contributed by atoms with E-state index in [4.69, 9.17) is 4.74 Å². The Hall–Kier alpha value is -1.20. The molecule has 0 saturated heterocycles. The molecule has 104 valence electrons. The quantitative estimate of drug-likeness (QED) is 0.906. The Morgan fingerprint density at radius 3 is 2.68 bits per heavy atom. The van der Waals surface area contributed by atoms with Gasteiger partial charge in [-0.2, -0.15) is 0 Å². The van der Waals surface area contributed by atoms with Crippen LogP contribution in [0.3, 0.4) is 0 Å². The number of nitrogens with zero attached hydrogens (tertiary/aromatic N) is 2. The molecule has 0 amide bonds. The van der Waals surface area contributed by atoms with Crippen LogP contribution in [0, 0.1) is 6.92 Å². The molecule has 0 spiro atoms. The Bertz CT molecular complexity index is 577. The molecule has 2 aromatic rings. The van der Waals surface area contributed by atoms with Crippen molar-refractivity contribution in [2.45, 2.75) is 40.2 Å². The molecule has 1 N–H and O–H groups in total. The second-order valence-electron chi connectivity index (χ2n) is 4.95. The summed E-state index contributed by atoms with van der Waals surface area (Å²) in [6.07, 6.45) is 0. The van der Waals surface area contributed by atoms with Gasteiger partial charge in [0.2, 0.25) is 0 Å². The SMILES string of the molecule is CCNc1nc(C(C)(C)OCC)nc2sc(C)cc12. The van der Waals surface area contributed by atoms with Crippen LogP contribution in [0.4, 0.5) is 5.82 Å². The average Bonchev–Trinajstić information content (AvgIpc) is 2.70. The van der Waals surface area contributed by atoms with E-state index in [0.717, 1.165) is 28.4 Å². The first-order chi connectivity index (χ1) is 8.97. The van der Waals surface area contributed by atoms with Crippen molar-refractivity contribution < 1.29 is 4.74 Å². The second-order valence-corrected chi connectivity index (χ2v) is 6.18. The predicted molar refractivity (Wildman–Crippen MR) is 81.0 cm³/mol. The van der Waals surface area contributed by atoms with Crippen LogP contribution in [0.25, 0.3) is 10.2 Å². The Kier molecular flexibility index (Phi) is 4.06. The number of aromatic nitrogens is 2. The first-order valence-corrected chi connectivity index (χ1v) is 7.46. The Labute approximate surface area is 118 Å². The third kappa shape index (κ3) is 2.87. The van der Waals surface area contributed by atoms with Gasteiger partial charge in [0.1, 0.15) is 16.2 Å². The molecule has 2 aromatic heterocycles. The van der Waals surface area contributed by atoms with Gasteiger partial charge in [-0.15, -0.1) is 11.3 Å². The van der Waals surface area contributed by atoms with Crippen molar-refractivity contribution >= 4 is 27.4 Å². The van der Waals surface area contributed by atoms with Crippen molar-refractivity contribution in [2.75, 3.05) is 18.5 Å². The van der Waals surface area contributed by atoms with Gasteiger partial charge in [0.05, 0.1) is 5.39 Å². The van der Waals surface area contributed by atoms with Gasteiger partial charge in [-0.3, -0.25) is 0 Å². The van der Waals surface area contributed by atoms with Crippen LogP contribution < -0.4 is 5.32 Å². The molecule has 0 atom stereocenters. The van der Waals surface area contributed by atoms with Crippen molar-refractivity contribution in [1.82, 2.24) is 9.97 Å². The number of hydrogen-bond donors (Lipinski definition) is 1. The van der Waals surface area contributed by atoms with E-state index >= 15 is 0 Å². The van der Waals surface area contributed by atoms with E-state index in [9.17, 15) is 0 Å². The predicted octanol–water partition coefficient (Wildman–Crippen LogP) is 3.70. The van der Waals surface area contributed by atoms with E-state index in [-0.39, 0.29) is 0 Å². The van der Waals surface area contributed by atoms with Crippen LogP contribution in [-0.2, 0) is 10.3 Å². The normalized spacial score (nSPS) is 12.1. The zero-order valence-electron chi connectivity index (χ0n) is 12.2. The molecule has 0 aliphatic heterocycles. The number of rotatable bonds is 5. The van der Waals surface area contributed by atoms with Gasteiger partial charge in [0.15, 0.2) is 5.82 Å². The minimum atomic E-state index is -0.467. The Morgan fingerprint density at radius 2 is 2.05 bits per heavy atom. The molecule has 0 radical (unpaired) electrons. The lowest BCUT2D eigenvalue weighted by atomic mass is 10.1. The van der Waals surface area contributed by atoms with Gasteiger partial charge in [-0.25, -0.2) is 9.97 Å². The first kappa shape index (κ1) is 14.2. The van der Waals surface area contributed by atoms with Crippen LogP contribution in [0.15, 0.2) is 6.07 Å². The van der Waals surface area contributed by atoms with Crippen molar-refractivity contribution in [1.29, 1.82) is 0 Å². The molecule has 0 fully saturated rings. The maximum absolute atomic E-state index is 5.76. The first-order valence-electron chi connectivity index (χ1n) is 6.64. The lowest BCUT2D eigenvalue weighted by Crippen LogP contribution is -2.25. The molecule has 2 heterocycles. The van der Waals surface area contributed by atoms with Crippen LogP contribution >= 0.6 is 11.3 Å². The third-order valence-corrected chi connectivity index (χ3v) is 3.85. The zero-order chi connectivity index (χ0) is 14.0. The molecule has 0 aliphatic carbocycles. The van der Waals surface area contributed by atoms with Crippen molar-refractivity contribution in [3.05, 3.63) is 16.8 Å². The molecule has 0 unspecified atom stereocenters. The monoisotopic (exact) mass is 279 g/mol. The number of anilines is 1. The standard InChI is InChI=1S/C14H21N3OS/c1-6-15-11-10-8-9(3)19-12(10)17-13(16-11)14(4,5)18-7-2/h8H,6-7H2,1-5H3,(H,15,16,17). The fraction of sp³-hybridized carbons (Fsp3) is 0.571. The van der Waals surface area contributed by atoms with Gasteiger partial charge in [-0.05, 0) is 40.7 Å². The molecule has 5 heteroatoms.